The van der Waals surface area contributed by atoms with E-state index < -0.39 is 0 Å². The van der Waals surface area contributed by atoms with E-state index in [0.717, 1.165) is 28.0 Å². The molecule has 0 radical (unpaired) electrons. The first-order valence-corrected chi connectivity index (χ1v) is 7.47. The van der Waals surface area contributed by atoms with Crippen molar-refractivity contribution in [1.82, 2.24) is 14.9 Å². The SMILES string of the molecule is CNC(C)c1cc(Br)ccc1OCCc1nccn1C. The predicted molar refractivity (Wildman–Crippen MR) is 84.0 cm³/mol. The molecule has 1 aromatic carbocycles. The second-order valence-corrected chi connectivity index (χ2v) is 5.66. The highest BCUT2D eigenvalue weighted by Crippen LogP contribution is 2.28. The van der Waals surface area contributed by atoms with Crippen LogP contribution in [0.2, 0.25) is 0 Å². The van der Waals surface area contributed by atoms with Crippen molar-refractivity contribution >= 4 is 15.9 Å². The van der Waals surface area contributed by atoms with E-state index in [2.05, 4.69) is 39.2 Å². The standard InChI is InChI=1S/C15H20BrN3O/c1-11(17-2)13-10-12(16)4-5-14(13)20-9-6-15-18-7-8-19(15)3/h4-5,7-8,10-11,17H,6,9H2,1-3H3. The summed E-state index contributed by atoms with van der Waals surface area (Å²) in [6.45, 7) is 2.74. The summed E-state index contributed by atoms with van der Waals surface area (Å²) in [7, 11) is 3.94. The van der Waals surface area contributed by atoms with E-state index >= 15 is 0 Å². The number of hydrogen-bond acceptors (Lipinski definition) is 3. The molecule has 0 aliphatic carbocycles. The molecule has 0 spiro atoms. The Morgan fingerprint density at radius 2 is 2.25 bits per heavy atom. The number of benzene rings is 1. The molecule has 1 heterocycles. The van der Waals surface area contributed by atoms with Crippen molar-refractivity contribution in [3.63, 3.8) is 0 Å². The zero-order valence-corrected chi connectivity index (χ0v) is 13.6. The van der Waals surface area contributed by atoms with Crippen LogP contribution in [0.15, 0.2) is 35.1 Å². The van der Waals surface area contributed by atoms with E-state index in [9.17, 15) is 0 Å². The van der Waals surface area contributed by atoms with E-state index in [0.29, 0.717) is 6.61 Å². The Balaban J connectivity index is 2.04. The van der Waals surface area contributed by atoms with Gasteiger partial charge in [-0.1, -0.05) is 15.9 Å². The van der Waals surface area contributed by atoms with E-state index in [1.165, 1.54) is 0 Å². The molecule has 4 nitrogen and oxygen atoms in total. The fraction of sp³-hybridized carbons (Fsp3) is 0.400. The molecule has 108 valence electrons. The maximum absolute atomic E-state index is 5.93. The van der Waals surface area contributed by atoms with Gasteiger partial charge in [0.2, 0.25) is 0 Å². The van der Waals surface area contributed by atoms with E-state index in [1.54, 1.807) is 0 Å². The minimum Gasteiger partial charge on any atom is -0.493 e. The van der Waals surface area contributed by atoms with Gasteiger partial charge >= 0.3 is 0 Å². The van der Waals surface area contributed by atoms with Gasteiger partial charge in [0, 0.05) is 41.9 Å². The van der Waals surface area contributed by atoms with Crippen molar-refractivity contribution < 1.29 is 4.74 Å². The average molecular weight is 338 g/mol. The van der Waals surface area contributed by atoms with Gasteiger partial charge in [0.1, 0.15) is 11.6 Å². The smallest absolute Gasteiger partial charge is 0.124 e. The molecule has 0 saturated heterocycles. The third-order valence-electron chi connectivity index (χ3n) is 3.38. The molecule has 1 aromatic heterocycles. The largest absolute Gasteiger partial charge is 0.493 e. The molecule has 1 unspecified atom stereocenters. The van der Waals surface area contributed by atoms with Gasteiger partial charge in [-0.2, -0.15) is 0 Å². The summed E-state index contributed by atoms with van der Waals surface area (Å²) in [6, 6.07) is 6.35. The first-order chi connectivity index (χ1) is 9.61. The molecule has 20 heavy (non-hydrogen) atoms. The van der Waals surface area contributed by atoms with Crippen molar-refractivity contribution in [2.75, 3.05) is 13.7 Å². The molecule has 0 bridgehead atoms. The van der Waals surface area contributed by atoms with Gasteiger partial charge in [0.25, 0.3) is 0 Å². The number of ether oxygens (including phenoxy) is 1. The Morgan fingerprint density at radius 1 is 1.45 bits per heavy atom. The summed E-state index contributed by atoms with van der Waals surface area (Å²) in [5.74, 6) is 1.95. The fourth-order valence-corrected chi connectivity index (χ4v) is 2.41. The maximum atomic E-state index is 5.93. The number of hydrogen-bond donors (Lipinski definition) is 1. The number of aromatic nitrogens is 2. The van der Waals surface area contributed by atoms with E-state index in [1.807, 2.05) is 43.2 Å². The van der Waals surface area contributed by atoms with Gasteiger partial charge in [0.05, 0.1) is 6.61 Å². The predicted octanol–water partition coefficient (Wildman–Crippen LogP) is 3.08. The zero-order chi connectivity index (χ0) is 14.5. The van der Waals surface area contributed by atoms with Crippen molar-refractivity contribution in [2.24, 2.45) is 7.05 Å². The van der Waals surface area contributed by atoms with Gasteiger partial charge in [0.15, 0.2) is 0 Å². The lowest BCUT2D eigenvalue weighted by molar-refractivity contribution is 0.311. The normalized spacial score (nSPS) is 12.4. The van der Waals surface area contributed by atoms with Crippen molar-refractivity contribution in [1.29, 1.82) is 0 Å². The van der Waals surface area contributed by atoms with Crippen LogP contribution in [0, 0.1) is 0 Å². The molecule has 0 aliphatic heterocycles. The molecule has 1 atom stereocenters. The first-order valence-electron chi connectivity index (χ1n) is 6.67. The van der Waals surface area contributed by atoms with Crippen LogP contribution in [0.25, 0.3) is 0 Å². The molecule has 1 N–H and O–H groups in total. The number of rotatable bonds is 6. The minimum absolute atomic E-state index is 0.246. The molecule has 0 amide bonds. The maximum Gasteiger partial charge on any atom is 0.124 e. The van der Waals surface area contributed by atoms with Crippen LogP contribution in [0.4, 0.5) is 0 Å². The highest BCUT2D eigenvalue weighted by molar-refractivity contribution is 9.10. The second kappa shape index (κ2) is 6.90. The highest BCUT2D eigenvalue weighted by Gasteiger charge is 2.11. The Kier molecular flexibility index (Phi) is 5.20. The van der Waals surface area contributed by atoms with E-state index in [4.69, 9.17) is 4.74 Å². The van der Waals surface area contributed by atoms with E-state index in [-0.39, 0.29) is 6.04 Å². The van der Waals surface area contributed by atoms with Crippen molar-refractivity contribution in [3.8, 4) is 5.75 Å². The summed E-state index contributed by atoms with van der Waals surface area (Å²) in [5, 5.41) is 3.24. The molecule has 0 aliphatic rings. The fourth-order valence-electron chi connectivity index (χ4n) is 2.03. The van der Waals surface area contributed by atoms with Crippen LogP contribution in [0.1, 0.15) is 24.4 Å². The number of imidazole rings is 1. The Hall–Kier alpha value is -1.33. The summed E-state index contributed by atoms with van der Waals surface area (Å²) >= 11 is 3.51. The van der Waals surface area contributed by atoms with Gasteiger partial charge in [-0.05, 0) is 32.2 Å². The van der Waals surface area contributed by atoms with Gasteiger partial charge in [-0.15, -0.1) is 0 Å². The Labute approximate surface area is 128 Å². The zero-order valence-electron chi connectivity index (χ0n) is 12.1. The van der Waals surface area contributed by atoms with Gasteiger partial charge in [-0.25, -0.2) is 4.98 Å². The van der Waals surface area contributed by atoms with Crippen LogP contribution >= 0.6 is 15.9 Å². The summed E-state index contributed by atoms with van der Waals surface area (Å²) in [6.07, 6.45) is 4.56. The monoisotopic (exact) mass is 337 g/mol. The molecule has 2 aromatic rings. The summed E-state index contributed by atoms with van der Waals surface area (Å²) < 4.78 is 9.01. The minimum atomic E-state index is 0.246. The number of nitrogens with zero attached hydrogens (tertiary/aromatic N) is 2. The average Bonchev–Trinajstić information content (AvgIpc) is 2.85. The van der Waals surface area contributed by atoms with Crippen LogP contribution < -0.4 is 10.1 Å². The van der Waals surface area contributed by atoms with Crippen molar-refractivity contribution in [2.45, 2.75) is 19.4 Å². The van der Waals surface area contributed by atoms with Gasteiger partial charge in [-0.3, -0.25) is 0 Å². The molecular formula is C15H20BrN3O. The van der Waals surface area contributed by atoms with Crippen LogP contribution in [-0.4, -0.2) is 23.2 Å². The Bertz CT molecular complexity index is 568. The molecule has 2 rings (SSSR count). The lowest BCUT2D eigenvalue weighted by Gasteiger charge is -2.17. The van der Waals surface area contributed by atoms with Gasteiger partial charge < -0.3 is 14.6 Å². The van der Waals surface area contributed by atoms with Crippen LogP contribution in [-0.2, 0) is 13.5 Å². The second-order valence-electron chi connectivity index (χ2n) is 4.75. The third kappa shape index (κ3) is 3.61. The number of aryl methyl sites for hydroxylation is 1. The highest BCUT2D eigenvalue weighted by atomic mass is 79.9. The lowest BCUT2D eigenvalue weighted by atomic mass is 10.1. The summed E-state index contributed by atoms with van der Waals surface area (Å²) in [4.78, 5) is 4.30. The van der Waals surface area contributed by atoms with Crippen molar-refractivity contribution in [3.05, 3.63) is 46.5 Å². The lowest BCUT2D eigenvalue weighted by Crippen LogP contribution is -2.14. The third-order valence-corrected chi connectivity index (χ3v) is 3.87. The number of nitrogens with one attached hydrogen (secondary N) is 1. The Morgan fingerprint density at radius 3 is 2.90 bits per heavy atom. The molecule has 0 saturated carbocycles. The van der Waals surface area contributed by atoms with Crippen LogP contribution in [0.5, 0.6) is 5.75 Å². The molecule has 5 heteroatoms. The summed E-state index contributed by atoms with van der Waals surface area (Å²) in [5.41, 5.74) is 1.15. The molecular weight excluding hydrogens is 318 g/mol. The molecule has 0 fully saturated rings. The quantitative estimate of drug-likeness (QED) is 0.880. The van der Waals surface area contributed by atoms with Crippen LogP contribution in [0.3, 0.4) is 0 Å². The topological polar surface area (TPSA) is 39.1 Å². The number of halogens is 1. The first kappa shape index (κ1) is 15.1.